The maximum absolute atomic E-state index is 12.7. The fourth-order valence-electron chi connectivity index (χ4n) is 2.50. The summed E-state index contributed by atoms with van der Waals surface area (Å²) in [6.07, 6.45) is 0. The van der Waals surface area contributed by atoms with Crippen LogP contribution in [0, 0.1) is 6.92 Å². The van der Waals surface area contributed by atoms with Gasteiger partial charge in [0.2, 0.25) is 0 Å². The predicted molar refractivity (Wildman–Crippen MR) is 109 cm³/mol. The molecule has 152 valence electrons. The van der Waals surface area contributed by atoms with Crippen molar-refractivity contribution in [1.29, 1.82) is 0 Å². The lowest BCUT2D eigenvalue weighted by Gasteiger charge is -2.23. The van der Waals surface area contributed by atoms with E-state index in [0.717, 1.165) is 11.1 Å². The average molecular weight is 407 g/mol. The summed E-state index contributed by atoms with van der Waals surface area (Å²) in [7, 11) is -2.04. The molecule has 0 aliphatic rings. The van der Waals surface area contributed by atoms with Crippen LogP contribution in [0.25, 0.3) is 0 Å². The maximum atomic E-state index is 12.7. The Morgan fingerprint density at radius 1 is 1.14 bits per heavy atom. The molecule has 0 aliphatic carbocycles. The summed E-state index contributed by atoms with van der Waals surface area (Å²) >= 11 is 0. The molecule has 2 rings (SSSR count). The van der Waals surface area contributed by atoms with Gasteiger partial charge in [-0.3, -0.25) is 0 Å². The van der Waals surface area contributed by atoms with Gasteiger partial charge in [-0.05, 0) is 49.2 Å². The number of nitrogens with zero attached hydrogens (tertiary/aromatic N) is 1. The summed E-state index contributed by atoms with van der Waals surface area (Å²) in [6.45, 7) is 4.51. The summed E-state index contributed by atoms with van der Waals surface area (Å²) in [4.78, 5) is 14.3. The molecular weight excluding hydrogens is 380 g/mol. The lowest BCUT2D eigenvalue weighted by atomic mass is 10.2. The van der Waals surface area contributed by atoms with E-state index in [-0.39, 0.29) is 24.1 Å². The van der Waals surface area contributed by atoms with E-state index in [1.807, 2.05) is 37.3 Å². The first-order chi connectivity index (χ1) is 13.3. The predicted octanol–water partition coefficient (Wildman–Crippen LogP) is 3.40. The highest BCUT2D eigenvalue weighted by Crippen LogP contribution is 2.18. The molecule has 0 spiro atoms. The largest absolute Gasteiger partial charge is 0.383 e. The molecule has 1 N–H and O–H groups in total. The third-order valence-corrected chi connectivity index (χ3v) is 5.12. The minimum absolute atomic E-state index is 0.115. The van der Waals surface area contributed by atoms with Gasteiger partial charge in [0, 0.05) is 25.9 Å². The van der Waals surface area contributed by atoms with E-state index in [0.29, 0.717) is 18.8 Å². The number of carbonyl (C=O) groups is 1. The number of benzene rings is 2. The van der Waals surface area contributed by atoms with Crippen molar-refractivity contribution in [3.8, 4) is 5.75 Å². The van der Waals surface area contributed by atoms with Crippen molar-refractivity contribution in [2.75, 3.05) is 31.3 Å². The topological polar surface area (TPSA) is 84.9 Å². The Labute approximate surface area is 166 Å². The van der Waals surface area contributed by atoms with E-state index in [1.54, 1.807) is 30.2 Å². The third-order valence-electron chi connectivity index (χ3n) is 3.97. The summed E-state index contributed by atoms with van der Waals surface area (Å²) in [5, 5.41) is 2.88. The molecule has 0 bridgehead atoms. The van der Waals surface area contributed by atoms with Crippen LogP contribution < -0.4 is 9.50 Å². The van der Waals surface area contributed by atoms with E-state index < -0.39 is 10.1 Å². The van der Waals surface area contributed by atoms with Gasteiger partial charge < -0.3 is 19.1 Å². The van der Waals surface area contributed by atoms with Crippen LogP contribution in [-0.4, -0.2) is 45.4 Å². The fourth-order valence-corrected chi connectivity index (χ4v) is 3.02. The molecule has 2 amide bonds. The van der Waals surface area contributed by atoms with Crippen LogP contribution in [0.3, 0.4) is 0 Å². The first-order valence-electron chi connectivity index (χ1n) is 8.95. The standard InChI is InChI=1S/C20H26N2O5S/c1-4-28(24,25)27-19-10-6-8-17(14-19)15-22(11-12-26-3)20(23)21-18-9-5-7-16(2)13-18/h5-10,13-14H,4,11-12,15H2,1-3H3,(H,21,23). The molecular formula is C20H26N2O5S. The number of rotatable bonds is 9. The summed E-state index contributed by atoms with van der Waals surface area (Å²) in [5.41, 5.74) is 2.50. The quantitative estimate of drug-likeness (QED) is 0.645. The van der Waals surface area contributed by atoms with Crippen molar-refractivity contribution in [1.82, 2.24) is 4.90 Å². The van der Waals surface area contributed by atoms with Crippen molar-refractivity contribution in [2.45, 2.75) is 20.4 Å². The Bertz CT molecular complexity index is 899. The highest BCUT2D eigenvalue weighted by molar-refractivity contribution is 7.87. The number of aryl methyl sites for hydroxylation is 1. The Morgan fingerprint density at radius 2 is 1.89 bits per heavy atom. The molecule has 28 heavy (non-hydrogen) atoms. The Balaban J connectivity index is 2.14. The average Bonchev–Trinajstić information content (AvgIpc) is 2.65. The molecule has 2 aromatic carbocycles. The van der Waals surface area contributed by atoms with Gasteiger partial charge in [-0.1, -0.05) is 24.3 Å². The van der Waals surface area contributed by atoms with Crippen molar-refractivity contribution in [2.24, 2.45) is 0 Å². The monoisotopic (exact) mass is 406 g/mol. The van der Waals surface area contributed by atoms with Gasteiger partial charge >= 0.3 is 16.1 Å². The number of amides is 2. The zero-order valence-corrected chi connectivity index (χ0v) is 17.2. The number of ether oxygens (including phenoxy) is 1. The van der Waals surface area contributed by atoms with Gasteiger partial charge in [-0.25, -0.2) is 4.79 Å². The molecule has 0 unspecified atom stereocenters. The number of carbonyl (C=O) groups excluding carboxylic acids is 1. The van der Waals surface area contributed by atoms with Crippen LogP contribution in [-0.2, 0) is 21.4 Å². The van der Waals surface area contributed by atoms with Crippen molar-refractivity contribution >= 4 is 21.8 Å². The molecule has 8 heteroatoms. The molecule has 0 saturated carbocycles. The van der Waals surface area contributed by atoms with Crippen LogP contribution in [0.2, 0.25) is 0 Å². The third kappa shape index (κ3) is 6.86. The normalized spacial score (nSPS) is 11.1. The summed E-state index contributed by atoms with van der Waals surface area (Å²) < 4.78 is 33.5. The minimum atomic E-state index is -3.61. The molecule has 0 aromatic heterocycles. The first-order valence-corrected chi connectivity index (χ1v) is 10.5. The van der Waals surface area contributed by atoms with Crippen LogP contribution in [0.4, 0.5) is 10.5 Å². The van der Waals surface area contributed by atoms with Gasteiger partial charge in [0.1, 0.15) is 5.75 Å². The zero-order chi connectivity index (χ0) is 20.6. The van der Waals surface area contributed by atoms with Crippen molar-refractivity contribution in [3.05, 3.63) is 59.7 Å². The van der Waals surface area contributed by atoms with Crippen LogP contribution in [0.1, 0.15) is 18.1 Å². The molecule has 0 radical (unpaired) electrons. The van der Waals surface area contributed by atoms with E-state index in [2.05, 4.69) is 5.32 Å². The second kappa shape index (κ2) is 10.1. The van der Waals surface area contributed by atoms with E-state index in [9.17, 15) is 13.2 Å². The number of nitrogens with one attached hydrogen (secondary N) is 1. The minimum Gasteiger partial charge on any atom is -0.383 e. The van der Waals surface area contributed by atoms with Crippen molar-refractivity contribution < 1.29 is 22.1 Å². The lowest BCUT2D eigenvalue weighted by molar-refractivity contribution is 0.153. The number of hydrogen-bond acceptors (Lipinski definition) is 5. The highest BCUT2D eigenvalue weighted by atomic mass is 32.2. The fraction of sp³-hybridized carbons (Fsp3) is 0.350. The van der Waals surface area contributed by atoms with Gasteiger partial charge in [-0.2, -0.15) is 8.42 Å². The van der Waals surface area contributed by atoms with E-state index in [1.165, 1.54) is 6.92 Å². The second-order valence-corrected chi connectivity index (χ2v) is 8.15. The zero-order valence-electron chi connectivity index (χ0n) is 16.3. The van der Waals surface area contributed by atoms with Gasteiger partial charge in [0.15, 0.2) is 0 Å². The van der Waals surface area contributed by atoms with Gasteiger partial charge in [0.25, 0.3) is 0 Å². The smallest absolute Gasteiger partial charge is 0.322 e. The SMILES string of the molecule is CCS(=O)(=O)Oc1cccc(CN(CCOC)C(=O)Nc2cccc(C)c2)c1. The highest BCUT2D eigenvalue weighted by Gasteiger charge is 2.16. The molecule has 0 aliphatic heterocycles. The molecule has 0 saturated heterocycles. The number of anilines is 1. The Morgan fingerprint density at radius 3 is 2.57 bits per heavy atom. The molecule has 0 heterocycles. The van der Waals surface area contributed by atoms with Crippen LogP contribution in [0.15, 0.2) is 48.5 Å². The molecule has 2 aromatic rings. The Hall–Kier alpha value is -2.58. The summed E-state index contributed by atoms with van der Waals surface area (Å²) in [6, 6.07) is 14.0. The van der Waals surface area contributed by atoms with E-state index in [4.69, 9.17) is 8.92 Å². The van der Waals surface area contributed by atoms with Crippen LogP contribution >= 0.6 is 0 Å². The van der Waals surface area contributed by atoms with Crippen LogP contribution in [0.5, 0.6) is 5.75 Å². The Kier molecular flexibility index (Phi) is 7.83. The first kappa shape index (κ1) is 21.7. The van der Waals surface area contributed by atoms with Crippen molar-refractivity contribution in [3.63, 3.8) is 0 Å². The second-order valence-electron chi connectivity index (χ2n) is 6.29. The number of hydrogen-bond donors (Lipinski definition) is 1. The number of urea groups is 1. The molecule has 0 atom stereocenters. The molecule has 7 nitrogen and oxygen atoms in total. The van der Waals surface area contributed by atoms with E-state index >= 15 is 0 Å². The van der Waals surface area contributed by atoms with Gasteiger partial charge in [0.05, 0.1) is 12.4 Å². The lowest BCUT2D eigenvalue weighted by Crippen LogP contribution is -2.36. The number of methoxy groups -OCH3 is 1. The maximum Gasteiger partial charge on any atom is 0.322 e. The molecule has 0 fully saturated rings. The summed E-state index contributed by atoms with van der Waals surface area (Å²) in [5.74, 6) is 0.112. The van der Waals surface area contributed by atoms with Gasteiger partial charge in [-0.15, -0.1) is 0 Å².